The van der Waals surface area contributed by atoms with E-state index < -0.39 is 0 Å². The van der Waals surface area contributed by atoms with Gasteiger partial charge in [0.1, 0.15) is 6.07 Å². The Morgan fingerprint density at radius 3 is 3.00 bits per heavy atom. The van der Waals surface area contributed by atoms with Crippen LogP contribution < -0.4 is 5.32 Å². The average Bonchev–Trinajstić information content (AvgIpc) is 2.36. The number of nitriles is 1. The predicted molar refractivity (Wildman–Crippen MR) is 70.2 cm³/mol. The fraction of sp³-hybridized carbons (Fsp3) is 0.231. The molecule has 0 atom stereocenters. The molecule has 2 rings (SSSR count). The summed E-state index contributed by atoms with van der Waals surface area (Å²) in [4.78, 5) is 4.23. The van der Waals surface area contributed by atoms with Gasteiger partial charge in [-0.1, -0.05) is 30.7 Å². The van der Waals surface area contributed by atoms with E-state index in [2.05, 4.69) is 23.3 Å². The first-order valence-electron chi connectivity index (χ1n) is 5.49. The third-order valence-electron chi connectivity index (χ3n) is 2.52. The minimum Gasteiger partial charge on any atom is -0.383 e. The van der Waals surface area contributed by atoms with Gasteiger partial charge in [0.15, 0.2) is 0 Å². The van der Waals surface area contributed by atoms with Gasteiger partial charge in [-0.2, -0.15) is 5.26 Å². The van der Waals surface area contributed by atoms with Crippen LogP contribution in [0, 0.1) is 11.3 Å². The van der Waals surface area contributed by atoms with Crippen molar-refractivity contribution in [3.8, 4) is 6.07 Å². The summed E-state index contributed by atoms with van der Waals surface area (Å²) in [5.41, 5.74) is 2.10. The summed E-state index contributed by atoms with van der Waals surface area (Å²) in [6.07, 6.45) is 2.56. The lowest BCUT2D eigenvalue weighted by Gasteiger charge is -2.10. The van der Waals surface area contributed by atoms with Crippen LogP contribution in [-0.2, 0) is 0 Å². The van der Waals surface area contributed by atoms with Crippen molar-refractivity contribution in [3.05, 3.63) is 35.0 Å². The molecule has 1 aromatic carbocycles. The number of hydrogen-bond acceptors (Lipinski definition) is 3. The minimum atomic E-state index is 0.549. The van der Waals surface area contributed by atoms with Crippen molar-refractivity contribution >= 4 is 28.2 Å². The maximum atomic E-state index is 9.08. The highest BCUT2D eigenvalue weighted by Crippen LogP contribution is 2.29. The van der Waals surface area contributed by atoms with Crippen LogP contribution >= 0.6 is 11.6 Å². The first kappa shape index (κ1) is 11.7. The number of rotatable bonds is 3. The Balaban J connectivity index is 2.66. The molecule has 2 aromatic rings. The van der Waals surface area contributed by atoms with E-state index in [1.54, 1.807) is 12.3 Å². The summed E-state index contributed by atoms with van der Waals surface area (Å²) in [6, 6.07) is 7.74. The Morgan fingerprint density at radius 1 is 1.47 bits per heavy atom. The monoisotopic (exact) mass is 245 g/mol. The van der Waals surface area contributed by atoms with Gasteiger partial charge in [0.2, 0.25) is 0 Å². The molecule has 0 aliphatic rings. The molecule has 86 valence electrons. The van der Waals surface area contributed by atoms with Gasteiger partial charge in [0, 0.05) is 18.1 Å². The van der Waals surface area contributed by atoms with Crippen LogP contribution in [0.3, 0.4) is 0 Å². The number of benzene rings is 1. The lowest BCUT2D eigenvalue weighted by Crippen LogP contribution is -2.03. The zero-order valence-corrected chi connectivity index (χ0v) is 10.3. The van der Waals surface area contributed by atoms with Gasteiger partial charge >= 0.3 is 0 Å². The van der Waals surface area contributed by atoms with Crippen LogP contribution in [0.15, 0.2) is 24.4 Å². The van der Waals surface area contributed by atoms with Crippen LogP contribution in [0.25, 0.3) is 10.9 Å². The van der Waals surface area contributed by atoms with E-state index in [-0.39, 0.29) is 0 Å². The first-order valence-corrected chi connectivity index (χ1v) is 5.87. The third-order valence-corrected chi connectivity index (χ3v) is 2.83. The normalized spacial score (nSPS) is 10.2. The fourth-order valence-corrected chi connectivity index (χ4v) is 1.94. The summed E-state index contributed by atoms with van der Waals surface area (Å²) >= 11 is 6.09. The number of hydrogen-bond donors (Lipinski definition) is 1. The van der Waals surface area contributed by atoms with Gasteiger partial charge in [-0.15, -0.1) is 0 Å². The largest absolute Gasteiger partial charge is 0.383 e. The Labute approximate surface area is 105 Å². The molecular weight excluding hydrogens is 234 g/mol. The summed E-state index contributed by atoms with van der Waals surface area (Å²) < 4.78 is 0. The molecule has 0 saturated heterocycles. The molecule has 3 nitrogen and oxygen atoms in total. The lowest BCUT2D eigenvalue weighted by atomic mass is 10.1. The van der Waals surface area contributed by atoms with Crippen LogP contribution in [0.2, 0.25) is 5.02 Å². The fourth-order valence-electron chi connectivity index (χ4n) is 1.71. The van der Waals surface area contributed by atoms with Gasteiger partial charge in [-0.25, -0.2) is 0 Å². The van der Waals surface area contributed by atoms with Crippen molar-refractivity contribution in [2.75, 3.05) is 11.9 Å². The molecule has 0 amide bonds. The molecule has 0 fully saturated rings. The predicted octanol–water partition coefficient (Wildman–Crippen LogP) is 3.58. The van der Waals surface area contributed by atoms with Gasteiger partial charge in [0.05, 0.1) is 21.8 Å². The van der Waals surface area contributed by atoms with Gasteiger partial charge < -0.3 is 5.32 Å². The number of anilines is 1. The molecule has 1 heterocycles. The van der Waals surface area contributed by atoms with Crippen molar-refractivity contribution in [2.24, 2.45) is 0 Å². The highest BCUT2D eigenvalue weighted by molar-refractivity contribution is 6.35. The van der Waals surface area contributed by atoms with E-state index in [9.17, 15) is 0 Å². The molecule has 1 N–H and O–H groups in total. The maximum Gasteiger partial charge on any atom is 0.103 e. The van der Waals surface area contributed by atoms with E-state index in [4.69, 9.17) is 16.9 Å². The topological polar surface area (TPSA) is 48.7 Å². The van der Waals surface area contributed by atoms with E-state index in [0.29, 0.717) is 10.6 Å². The van der Waals surface area contributed by atoms with E-state index in [1.807, 2.05) is 12.1 Å². The summed E-state index contributed by atoms with van der Waals surface area (Å²) in [6.45, 7) is 2.90. The van der Waals surface area contributed by atoms with Gasteiger partial charge in [-0.05, 0) is 12.5 Å². The number of fused-ring (bicyclic) bond motifs is 1. The smallest absolute Gasteiger partial charge is 0.103 e. The number of halogens is 1. The molecule has 0 radical (unpaired) electrons. The van der Waals surface area contributed by atoms with Crippen LogP contribution in [-0.4, -0.2) is 11.5 Å². The van der Waals surface area contributed by atoms with Crippen LogP contribution in [0.4, 0.5) is 5.69 Å². The zero-order chi connectivity index (χ0) is 12.3. The van der Waals surface area contributed by atoms with Crippen molar-refractivity contribution in [1.29, 1.82) is 5.26 Å². The number of pyridine rings is 1. The molecule has 0 bridgehead atoms. The second kappa shape index (κ2) is 5.03. The van der Waals surface area contributed by atoms with E-state index >= 15 is 0 Å². The number of nitrogens with one attached hydrogen (secondary N) is 1. The molecule has 1 aromatic heterocycles. The Kier molecular flexibility index (Phi) is 3.46. The maximum absolute atomic E-state index is 9.08. The number of nitrogens with zero attached hydrogens (tertiary/aromatic N) is 2. The van der Waals surface area contributed by atoms with Gasteiger partial charge in [0.25, 0.3) is 0 Å². The molecule has 0 unspecified atom stereocenters. The average molecular weight is 246 g/mol. The summed E-state index contributed by atoms with van der Waals surface area (Å²) in [5.74, 6) is 0. The van der Waals surface area contributed by atoms with Crippen molar-refractivity contribution in [3.63, 3.8) is 0 Å². The highest BCUT2D eigenvalue weighted by atomic mass is 35.5. The second-order valence-corrected chi connectivity index (χ2v) is 4.13. The summed E-state index contributed by atoms with van der Waals surface area (Å²) in [7, 11) is 0. The SMILES string of the molecule is CCCNc1c(C#N)cnc2c(Cl)cccc12. The highest BCUT2D eigenvalue weighted by Gasteiger charge is 2.09. The molecule has 17 heavy (non-hydrogen) atoms. The van der Waals surface area contributed by atoms with Crippen molar-refractivity contribution in [1.82, 2.24) is 4.98 Å². The number of aromatic nitrogens is 1. The third kappa shape index (κ3) is 2.17. The Hall–Kier alpha value is -1.79. The molecule has 4 heteroatoms. The standard InChI is InChI=1S/C13H12ClN3/c1-2-6-16-12-9(7-15)8-17-13-10(12)4-3-5-11(13)14/h3-5,8H,2,6H2,1H3,(H,16,17). The van der Waals surface area contributed by atoms with Crippen LogP contribution in [0.5, 0.6) is 0 Å². The lowest BCUT2D eigenvalue weighted by molar-refractivity contribution is 0.980. The minimum absolute atomic E-state index is 0.549. The van der Waals surface area contributed by atoms with E-state index in [1.165, 1.54) is 0 Å². The molecule has 0 aliphatic heterocycles. The van der Waals surface area contributed by atoms with E-state index in [0.717, 1.165) is 29.6 Å². The Bertz CT molecular complexity index is 587. The quantitative estimate of drug-likeness (QED) is 0.899. The Morgan fingerprint density at radius 2 is 2.29 bits per heavy atom. The van der Waals surface area contributed by atoms with Gasteiger partial charge in [-0.3, -0.25) is 4.98 Å². The first-order chi connectivity index (χ1) is 8.27. The van der Waals surface area contributed by atoms with Crippen LogP contribution in [0.1, 0.15) is 18.9 Å². The summed E-state index contributed by atoms with van der Waals surface area (Å²) in [5, 5.41) is 13.8. The number of para-hydroxylation sites is 1. The zero-order valence-electron chi connectivity index (χ0n) is 9.50. The molecule has 0 spiro atoms. The molecule has 0 aliphatic carbocycles. The molecule has 0 saturated carbocycles. The second-order valence-electron chi connectivity index (χ2n) is 3.72. The van der Waals surface area contributed by atoms with Crippen molar-refractivity contribution < 1.29 is 0 Å². The van der Waals surface area contributed by atoms with Crippen molar-refractivity contribution in [2.45, 2.75) is 13.3 Å². The molecular formula is C13H12ClN3.